The molecule has 0 aliphatic rings. The number of nitrogens with one attached hydrogen (secondary N) is 1. The molecule has 1 N–H and O–H groups in total. The number of nitrogens with zero attached hydrogens (tertiary/aromatic N) is 3. The maximum Gasteiger partial charge on any atom is 0.163 e. The highest BCUT2D eigenvalue weighted by Crippen LogP contribution is 2.18. The number of rotatable bonds is 2. The van der Waals surface area contributed by atoms with E-state index in [-0.39, 0.29) is 11.5 Å². The van der Waals surface area contributed by atoms with Crippen LogP contribution in [0.1, 0.15) is 5.69 Å². The fourth-order valence-corrected chi connectivity index (χ4v) is 1.39. The summed E-state index contributed by atoms with van der Waals surface area (Å²) in [4.78, 5) is 8.20. The summed E-state index contributed by atoms with van der Waals surface area (Å²) in [5, 5.41) is 11.7. The molecule has 5 heteroatoms. The normalized spacial score (nSPS) is 9.71. The molecule has 0 saturated carbocycles. The largest absolute Gasteiger partial charge is 0.373 e. The Morgan fingerprint density at radius 2 is 2.12 bits per heavy atom. The molecular formula is C12H9FN4. The highest BCUT2D eigenvalue weighted by Gasteiger charge is 2.06. The molecule has 4 nitrogen and oxygen atoms in total. The predicted molar refractivity (Wildman–Crippen MR) is 61.7 cm³/mol. The average molecular weight is 228 g/mol. The summed E-state index contributed by atoms with van der Waals surface area (Å²) in [6, 6.07) is 9.41. The summed E-state index contributed by atoms with van der Waals surface area (Å²) in [6.07, 6.45) is 0. The second-order valence-electron chi connectivity index (χ2n) is 3.33. The summed E-state index contributed by atoms with van der Waals surface area (Å²) in [7, 11) is 1.69. The molecule has 1 heterocycles. The van der Waals surface area contributed by atoms with Crippen molar-refractivity contribution < 1.29 is 4.39 Å². The van der Waals surface area contributed by atoms with Crippen LogP contribution >= 0.6 is 0 Å². The molecule has 17 heavy (non-hydrogen) atoms. The molecule has 0 bridgehead atoms. The summed E-state index contributed by atoms with van der Waals surface area (Å²) in [5.41, 5.74) is 0.780. The molecule has 84 valence electrons. The second-order valence-corrected chi connectivity index (χ2v) is 3.33. The van der Waals surface area contributed by atoms with Crippen molar-refractivity contribution in [3.8, 4) is 17.5 Å². The van der Waals surface area contributed by atoms with E-state index in [9.17, 15) is 4.39 Å². The van der Waals surface area contributed by atoms with Gasteiger partial charge in [0, 0.05) is 18.7 Å². The van der Waals surface area contributed by atoms with Gasteiger partial charge in [-0.05, 0) is 12.1 Å². The van der Waals surface area contributed by atoms with Gasteiger partial charge in [0.15, 0.2) is 5.82 Å². The van der Waals surface area contributed by atoms with E-state index >= 15 is 0 Å². The van der Waals surface area contributed by atoms with Crippen molar-refractivity contribution in [3.05, 3.63) is 41.8 Å². The van der Waals surface area contributed by atoms with Gasteiger partial charge >= 0.3 is 0 Å². The van der Waals surface area contributed by atoms with Gasteiger partial charge in [-0.25, -0.2) is 14.4 Å². The summed E-state index contributed by atoms with van der Waals surface area (Å²) >= 11 is 0. The lowest BCUT2D eigenvalue weighted by Gasteiger charge is -2.04. The third kappa shape index (κ3) is 2.37. The van der Waals surface area contributed by atoms with Gasteiger partial charge in [0.25, 0.3) is 0 Å². The molecule has 1 aromatic carbocycles. The van der Waals surface area contributed by atoms with Gasteiger partial charge in [0.05, 0.1) is 0 Å². The van der Waals surface area contributed by atoms with E-state index in [1.807, 2.05) is 6.07 Å². The van der Waals surface area contributed by atoms with Crippen LogP contribution in [-0.4, -0.2) is 17.0 Å². The Hall–Kier alpha value is -2.48. The number of aromatic nitrogens is 2. The van der Waals surface area contributed by atoms with E-state index in [1.54, 1.807) is 19.2 Å². The van der Waals surface area contributed by atoms with Gasteiger partial charge in [-0.3, -0.25) is 0 Å². The van der Waals surface area contributed by atoms with Crippen LogP contribution in [-0.2, 0) is 0 Å². The van der Waals surface area contributed by atoms with Crippen molar-refractivity contribution in [3.63, 3.8) is 0 Å². The number of hydrogen-bond acceptors (Lipinski definition) is 4. The first-order chi connectivity index (χ1) is 8.22. The molecule has 0 saturated heterocycles. The quantitative estimate of drug-likeness (QED) is 0.855. The number of halogens is 1. The molecule has 2 aromatic rings. The van der Waals surface area contributed by atoms with Gasteiger partial charge in [0.1, 0.15) is 23.4 Å². The van der Waals surface area contributed by atoms with Gasteiger partial charge in [-0.15, -0.1) is 0 Å². The van der Waals surface area contributed by atoms with Crippen LogP contribution in [0.5, 0.6) is 0 Å². The lowest BCUT2D eigenvalue weighted by Crippen LogP contribution is -1.99. The number of nitriles is 1. The standard InChI is InChI=1S/C12H9FN4/c1-15-11-6-10(7-14)16-12(17-11)8-3-2-4-9(13)5-8/h2-6H,1H3,(H,15,16,17). The first-order valence-electron chi connectivity index (χ1n) is 4.96. The average Bonchev–Trinajstić information content (AvgIpc) is 2.38. The molecule has 0 spiro atoms. The minimum Gasteiger partial charge on any atom is -0.373 e. The van der Waals surface area contributed by atoms with Crippen LogP contribution < -0.4 is 5.32 Å². The fraction of sp³-hybridized carbons (Fsp3) is 0.0833. The van der Waals surface area contributed by atoms with Crippen molar-refractivity contribution in [2.75, 3.05) is 12.4 Å². The molecule has 0 atom stereocenters. The zero-order chi connectivity index (χ0) is 12.3. The fourth-order valence-electron chi connectivity index (χ4n) is 1.39. The molecule has 1 aromatic heterocycles. The van der Waals surface area contributed by atoms with Crippen molar-refractivity contribution in [1.82, 2.24) is 9.97 Å². The monoisotopic (exact) mass is 228 g/mol. The molecule has 0 amide bonds. The van der Waals surface area contributed by atoms with Crippen LogP contribution in [0.4, 0.5) is 10.2 Å². The maximum absolute atomic E-state index is 13.1. The minimum atomic E-state index is -0.362. The van der Waals surface area contributed by atoms with Gasteiger partial charge in [0.2, 0.25) is 0 Å². The molecule has 0 unspecified atom stereocenters. The van der Waals surface area contributed by atoms with Crippen LogP contribution in [0.15, 0.2) is 30.3 Å². The Bertz CT molecular complexity index is 589. The smallest absolute Gasteiger partial charge is 0.163 e. The number of anilines is 1. The lowest BCUT2D eigenvalue weighted by atomic mass is 10.2. The summed E-state index contributed by atoms with van der Waals surface area (Å²) in [6.45, 7) is 0. The number of benzene rings is 1. The van der Waals surface area contributed by atoms with E-state index in [1.165, 1.54) is 18.2 Å². The van der Waals surface area contributed by atoms with Crippen LogP contribution in [0.25, 0.3) is 11.4 Å². The summed E-state index contributed by atoms with van der Waals surface area (Å²) in [5.74, 6) is 0.489. The zero-order valence-corrected chi connectivity index (χ0v) is 9.11. The first kappa shape index (κ1) is 11.0. The van der Waals surface area contributed by atoms with E-state index in [2.05, 4.69) is 15.3 Å². The maximum atomic E-state index is 13.1. The zero-order valence-electron chi connectivity index (χ0n) is 9.11. The Morgan fingerprint density at radius 1 is 1.29 bits per heavy atom. The Balaban J connectivity index is 2.55. The third-order valence-corrected chi connectivity index (χ3v) is 2.18. The van der Waals surface area contributed by atoms with E-state index in [0.29, 0.717) is 17.2 Å². The third-order valence-electron chi connectivity index (χ3n) is 2.18. The molecule has 0 aliphatic carbocycles. The predicted octanol–water partition coefficient (Wildman–Crippen LogP) is 2.20. The molecule has 0 aliphatic heterocycles. The SMILES string of the molecule is CNc1cc(C#N)nc(-c2cccc(F)c2)n1. The minimum absolute atomic E-state index is 0.239. The highest BCUT2D eigenvalue weighted by molar-refractivity contribution is 5.58. The molecule has 0 radical (unpaired) electrons. The van der Waals surface area contributed by atoms with Crippen molar-refractivity contribution in [1.29, 1.82) is 5.26 Å². The van der Waals surface area contributed by atoms with Crippen LogP contribution in [0.3, 0.4) is 0 Å². The van der Waals surface area contributed by atoms with Crippen molar-refractivity contribution in [2.45, 2.75) is 0 Å². The second kappa shape index (κ2) is 4.58. The Labute approximate surface area is 97.8 Å². The Kier molecular flexibility index (Phi) is 2.97. The van der Waals surface area contributed by atoms with Gasteiger partial charge < -0.3 is 5.32 Å². The lowest BCUT2D eigenvalue weighted by molar-refractivity contribution is 0.628. The topological polar surface area (TPSA) is 61.6 Å². The summed E-state index contributed by atoms with van der Waals surface area (Å²) < 4.78 is 13.1. The number of hydrogen-bond donors (Lipinski definition) is 1. The molecule has 0 fully saturated rings. The van der Waals surface area contributed by atoms with E-state index in [0.717, 1.165) is 0 Å². The Morgan fingerprint density at radius 3 is 2.76 bits per heavy atom. The van der Waals surface area contributed by atoms with Gasteiger partial charge in [-0.1, -0.05) is 12.1 Å². The van der Waals surface area contributed by atoms with E-state index < -0.39 is 0 Å². The molecular weight excluding hydrogens is 219 g/mol. The van der Waals surface area contributed by atoms with Crippen molar-refractivity contribution in [2.24, 2.45) is 0 Å². The van der Waals surface area contributed by atoms with Crippen molar-refractivity contribution >= 4 is 5.82 Å². The highest BCUT2D eigenvalue weighted by atomic mass is 19.1. The van der Waals surface area contributed by atoms with Crippen LogP contribution in [0.2, 0.25) is 0 Å². The van der Waals surface area contributed by atoms with Gasteiger partial charge in [-0.2, -0.15) is 5.26 Å². The molecule has 2 rings (SSSR count). The van der Waals surface area contributed by atoms with E-state index in [4.69, 9.17) is 5.26 Å². The van der Waals surface area contributed by atoms with Crippen LogP contribution in [0, 0.1) is 17.1 Å². The first-order valence-corrected chi connectivity index (χ1v) is 4.96.